The number of hydrogen-bond acceptors (Lipinski definition) is 3. The SMILES string of the molecule is CC(=O)NCc1cn2c(n1)CCCC2C(=O)O. The summed E-state index contributed by atoms with van der Waals surface area (Å²) in [6, 6.07) is -0.516. The molecule has 1 amide bonds. The average Bonchev–Trinajstić information content (AvgIpc) is 2.68. The zero-order valence-corrected chi connectivity index (χ0v) is 9.64. The molecule has 92 valence electrons. The predicted molar refractivity (Wildman–Crippen MR) is 59.4 cm³/mol. The van der Waals surface area contributed by atoms with E-state index in [1.54, 1.807) is 10.8 Å². The van der Waals surface area contributed by atoms with Gasteiger partial charge in [0.2, 0.25) is 5.91 Å². The molecule has 0 radical (unpaired) electrons. The lowest BCUT2D eigenvalue weighted by molar-refractivity contribution is -0.141. The number of fused-ring (bicyclic) bond motifs is 1. The zero-order chi connectivity index (χ0) is 12.4. The third-order valence-electron chi connectivity index (χ3n) is 2.88. The smallest absolute Gasteiger partial charge is 0.326 e. The Balaban J connectivity index is 2.18. The fraction of sp³-hybridized carbons (Fsp3) is 0.545. The summed E-state index contributed by atoms with van der Waals surface area (Å²) in [6.45, 7) is 1.79. The van der Waals surface area contributed by atoms with Gasteiger partial charge in [0.25, 0.3) is 0 Å². The van der Waals surface area contributed by atoms with E-state index in [4.69, 9.17) is 5.11 Å². The van der Waals surface area contributed by atoms with Crippen LogP contribution in [0.3, 0.4) is 0 Å². The fourth-order valence-electron chi connectivity index (χ4n) is 2.08. The van der Waals surface area contributed by atoms with E-state index in [9.17, 15) is 9.59 Å². The van der Waals surface area contributed by atoms with Gasteiger partial charge >= 0.3 is 5.97 Å². The second-order valence-corrected chi connectivity index (χ2v) is 4.21. The van der Waals surface area contributed by atoms with Crippen LogP contribution in [0, 0.1) is 0 Å². The first kappa shape index (κ1) is 11.6. The number of carbonyl (C=O) groups is 2. The Morgan fingerprint density at radius 2 is 2.41 bits per heavy atom. The van der Waals surface area contributed by atoms with E-state index < -0.39 is 12.0 Å². The maximum absolute atomic E-state index is 11.1. The molecule has 1 unspecified atom stereocenters. The van der Waals surface area contributed by atoms with Crippen LogP contribution in [0.5, 0.6) is 0 Å². The number of amides is 1. The maximum Gasteiger partial charge on any atom is 0.326 e. The number of nitrogens with one attached hydrogen (secondary N) is 1. The summed E-state index contributed by atoms with van der Waals surface area (Å²) in [7, 11) is 0. The molecular weight excluding hydrogens is 222 g/mol. The van der Waals surface area contributed by atoms with Gasteiger partial charge in [0, 0.05) is 19.5 Å². The second-order valence-electron chi connectivity index (χ2n) is 4.21. The van der Waals surface area contributed by atoms with Crippen LogP contribution in [0.1, 0.15) is 37.3 Å². The van der Waals surface area contributed by atoms with Gasteiger partial charge in [-0.25, -0.2) is 9.78 Å². The summed E-state index contributed by atoms with van der Waals surface area (Å²) in [5, 5.41) is 11.7. The summed E-state index contributed by atoms with van der Waals surface area (Å²) in [6.07, 6.45) is 4.00. The Labute approximate surface area is 98.7 Å². The third kappa shape index (κ3) is 2.46. The van der Waals surface area contributed by atoms with E-state index in [0.29, 0.717) is 18.7 Å². The average molecular weight is 237 g/mol. The van der Waals surface area contributed by atoms with Crippen molar-refractivity contribution < 1.29 is 14.7 Å². The third-order valence-corrected chi connectivity index (χ3v) is 2.88. The molecule has 1 aliphatic heterocycles. The topological polar surface area (TPSA) is 84.2 Å². The zero-order valence-electron chi connectivity index (χ0n) is 9.64. The highest BCUT2D eigenvalue weighted by Gasteiger charge is 2.26. The van der Waals surface area contributed by atoms with Crippen LogP contribution in [0.15, 0.2) is 6.20 Å². The van der Waals surface area contributed by atoms with E-state index in [0.717, 1.165) is 18.7 Å². The molecule has 0 fully saturated rings. The first-order chi connectivity index (χ1) is 8.08. The van der Waals surface area contributed by atoms with Crippen molar-refractivity contribution in [1.29, 1.82) is 0 Å². The molecule has 0 spiro atoms. The van der Waals surface area contributed by atoms with Crippen LogP contribution in [0.25, 0.3) is 0 Å². The molecule has 0 saturated carbocycles. The Hall–Kier alpha value is -1.85. The van der Waals surface area contributed by atoms with Crippen molar-refractivity contribution >= 4 is 11.9 Å². The van der Waals surface area contributed by atoms with E-state index >= 15 is 0 Å². The number of imidazole rings is 1. The maximum atomic E-state index is 11.1. The fourth-order valence-corrected chi connectivity index (χ4v) is 2.08. The molecule has 1 aromatic heterocycles. The van der Waals surface area contributed by atoms with Gasteiger partial charge < -0.3 is 15.0 Å². The molecule has 0 bridgehead atoms. The van der Waals surface area contributed by atoms with Gasteiger partial charge in [-0.2, -0.15) is 0 Å². The van der Waals surface area contributed by atoms with Crippen LogP contribution >= 0.6 is 0 Å². The monoisotopic (exact) mass is 237 g/mol. The summed E-state index contributed by atoms with van der Waals surface area (Å²) in [4.78, 5) is 26.2. The van der Waals surface area contributed by atoms with E-state index in [1.807, 2.05) is 0 Å². The molecule has 6 nitrogen and oxygen atoms in total. The lowest BCUT2D eigenvalue weighted by Crippen LogP contribution is -2.24. The van der Waals surface area contributed by atoms with Crippen molar-refractivity contribution in [3.8, 4) is 0 Å². The highest BCUT2D eigenvalue weighted by Crippen LogP contribution is 2.24. The van der Waals surface area contributed by atoms with E-state index in [2.05, 4.69) is 10.3 Å². The van der Waals surface area contributed by atoms with Crippen LogP contribution in [-0.2, 0) is 22.6 Å². The van der Waals surface area contributed by atoms with E-state index in [1.165, 1.54) is 6.92 Å². The molecule has 1 aliphatic rings. The molecule has 2 rings (SSSR count). The van der Waals surface area contributed by atoms with Gasteiger partial charge in [0.05, 0.1) is 12.2 Å². The molecule has 6 heteroatoms. The molecule has 1 atom stereocenters. The quantitative estimate of drug-likeness (QED) is 0.800. The molecule has 0 saturated heterocycles. The predicted octanol–water partition coefficient (Wildman–Crippen LogP) is 0.481. The van der Waals surface area contributed by atoms with Crippen molar-refractivity contribution in [2.45, 2.75) is 38.8 Å². The number of carboxylic acid groups (broad SMARTS) is 1. The normalized spacial score (nSPS) is 18.5. The Kier molecular flexibility index (Phi) is 3.12. The number of aryl methyl sites for hydroxylation is 1. The summed E-state index contributed by atoms with van der Waals surface area (Å²) in [5.74, 6) is -0.149. The number of rotatable bonds is 3. The van der Waals surface area contributed by atoms with Crippen molar-refractivity contribution in [3.63, 3.8) is 0 Å². The molecule has 0 aliphatic carbocycles. The first-order valence-electron chi connectivity index (χ1n) is 5.62. The van der Waals surface area contributed by atoms with Crippen LogP contribution < -0.4 is 5.32 Å². The molecule has 2 N–H and O–H groups in total. The van der Waals surface area contributed by atoms with Crippen LogP contribution in [0.2, 0.25) is 0 Å². The largest absolute Gasteiger partial charge is 0.480 e. The highest BCUT2D eigenvalue weighted by atomic mass is 16.4. The molecule has 17 heavy (non-hydrogen) atoms. The minimum absolute atomic E-state index is 0.120. The Bertz CT molecular complexity index is 453. The van der Waals surface area contributed by atoms with Gasteiger partial charge in [0.1, 0.15) is 11.9 Å². The number of hydrogen-bond donors (Lipinski definition) is 2. The highest BCUT2D eigenvalue weighted by molar-refractivity contribution is 5.73. The molecule has 0 aromatic carbocycles. The Morgan fingerprint density at radius 3 is 3.06 bits per heavy atom. The van der Waals surface area contributed by atoms with E-state index in [-0.39, 0.29) is 5.91 Å². The van der Waals surface area contributed by atoms with Crippen molar-refractivity contribution in [2.24, 2.45) is 0 Å². The van der Waals surface area contributed by atoms with Crippen molar-refractivity contribution in [3.05, 3.63) is 17.7 Å². The molecule has 2 heterocycles. The molecule has 1 aromatic rings. The standard InChI is InChI=1S/C11H15N3O3/c1-7(15)12-5-8-6-14-9(11(16)17)3-2-4-10(14)13-8/h6,9H,2-5H2,1H3,(H,12,15)(H,16,17). The molecular formula is C11H15N3O3. The van der Waals surface area contributed by atoms with Crippen LogP contribution in [-0.4, -0.2) is 26.5 Å². The lowest BCUT2D eigenvalue weighted by atomic mass is 10.1. The second kappa shape index (κ2) is 4.57. The van der Waals surface area contributed by atoms with Gasteiger partial charge in [-0.15, -0.1) is 0 Å². The Morgan fingerprint density at radius 1 is 1.65 bits per heavy atom. The minimum Gasteiger partial charge on any atom is -0.480 e. The van der Waals surface area contributed by atoms with Gasteiger partial charge in [-0.05, 0) is 12.8 Å². The number of aliphatic carboxylic acids is 1. The van der Waals surface area contributed by atoms with Gasteiger partial charge in [0.15, 0.2) is 0 Å². The minimum atomic E-state index is -0.825. The number of carboxylic acids is 1. The van der Waals surface area contributed by atoms with Crippen molar-refractivity contribution in [1.82, 2.24) is 14.9 Å². The summed E-state index contributed by atoms with van der Waals surface area (Å²) in [5.41, 5.74) is 0.711. The first-order valence-corrected chi connectivity index (χ1v) is 5.62. The van der Waals surface area contributed by atoms with Crippen molar-refractivity contribution in [2.75, 3.05) is 0 Å². The number of carbonyl (C=O) groups excluding carboxylic acids is 1. The number of aromatic nitrogens is 2. The van der Waals surface area contributed by atoms with Gasteiger partial charge in [-0.1, -0.05) is 0 Å². The van der Waals surface area contributed by atoms with Gasteiger partial charge in [-0.3, -0.25) is 4.79 Å². The van der Waals surface area contributed by atoms with Crippen LogP contribution in [0.4, 0.5) is 0 Å². The number of nitrogens with zero attached hydrogens (tertiary/aromatic N) is 2. The summed E-state index contributed by atoms with van der Waals surface area (Å²) >= 11 is 0. The summed E-state index contributed by atoms with van der Waals surface area (Å²) < 4.78 is 1.71. The lowest BCUT2D eigenvalue weighted by Gasteiger charge is -2.20.